The van der Waals surface area contributed by atoms with Gasteiger partial charge >= 0.3 is 5.97 Å². The highest BCUT2D eigenvalue weighted by Crippen LogP contribution is 2.22. The van der Waals surface area contributed by atoms with Crippen molar-refractivity contribution < 1.29 is 24.2 Å². The van der Waals surface area contributed by atoms with Crippen LogP contribution in [0.1, 0.15) is 23.6 Å². The predicted octanol–water partition coefficient (Wildman–Crippen LogP) is 2.31. The third-order valence-corrected chi connectivity index (χ3v) is 3.89. The first-order chi connectivity index (χ1) is 12.0. The van der Waals surface area contributed by atoms with Crippen LogP contribution in [-0.4, -0.2) is 28.7 Å². The molecule has 132 valence electrons. The molecule has 6 heteroatoms. The Kier molecular flexibility index (Phi) is 6.65. The number of hydrogen-bond donors (Lipinski definition) is 3. The number of amides is 1. The summed E-state index contributed by atoms with van der Waals surface area (Å²) in [4.78, 5) is 23.2. The van der Waals surface area contributed by atoms with Crippen LogP contribution in [0.15, 0.2) is 54.6 Å². The zero-order valence-corrected chi connectivity index (χ0v) is 13.6. The first kappa shape index (κ1) is 18.6. The van der Waals surface area contributed by atoms with Crippen LogP contribution in [0.5, 0.6) is 0 Å². The molecule has 2 unspecified atom stereocenters. The molecule has 0 bridgehead atoms. The summed E-state index contributed by atoms with van der Waals surface area (Å²) in [5, 5.41) is 20.8. The highest BCUT2D eigenvalue weighted by Gasteiger charge is 2.25. The van der Waals surface area contributed by atoms with Gasteiger partial charge in [-0.15, -0.1) is 0 Å². The zero-order valence-electron chi connectivity index (χ0n) is 13.6. The van der Waals surface area contributed by atoms with Gasteiger partial charge in [-0.1, -0.05) is 48.5 Å². The van der Waals surface area contributed by atoms with E-state index in [1.54, 1.807) is 18.2 Å². The van der Waals surface area contributed by atoms with Gasteiger partial charge in [-0.25, -0.2) is 4.39 Å². The number of carbonyl (C=O) groups is 2. The second kappa shape index (κ2) is 8.94. The van der Waals surface area contributed by atoms with Gasteiger partial charge in [-0.05, 0) is 18.1 Å². The maximum Gasteiger partial charge on any atom is 0.304 e. The van der Waals surface area contributed by atoms with Crippen LogP contribution < -0.4 is 5.32 Å². The largest absolute Gasteiger partial charge is 0.481 e. The molecule has 0 radical (unpaired) electrons. The van der Waals surface area contributed by atoms with Gasteiger partial charge < -0.3 is 15.5 Å². The molecule has 0 spiro atoms. The van der Waals surface area contributed by atoms with Gasteiger partial charge in [0.15, 0.2) is 0 Å². The highest BCUT2D eigenvalue weighted by molar-refractivity contribution is 5.83. The standard InChI is InChI=1S/C19H20FNO4/c20-16-9-5-4-8-15(16)17(10-13-6-2-1-3-7-13)21-19(25)14(12-22)11-18(23)24/h1-9,14,17,22H,10-12H2,(H,21,25)(H,23,24). The van der Waals surface area contributed by atoms with Gasteiger partial charge in [0.1, 0.15) is 5.82 Å². The van der Waals surface area contributed by atoms with Gasteiger partial charge in [0.05, 0.1) is 25.0 Å². The molecule has 0 aliphatic rings. The number of aliphatic hydroxyl groups is 1. The Bertz CT molecular complexity index is 720. The minimum absolute atomic E-state index is 0.312. The van der Waals surface area contributed by atoms with E-state index in [4.69, 9.17) is 5.11 Å². The lowest BCUT2D eigenvalue weighted by atomic mass is 9.97. The third kappa shape index (κ3) is 5.39. The Labute approximate surface area is 145 Å². The zero-order chi connectivity index (χ0) is 18.2. The lowest BCUT2D eigenvalue weighted by molar-refractivity contribution is -0.142. The molecule has 0 heterocycles. The van der Waals surface area contributed by atoms with Crippen molar-refractivity contribution in [3.05, 3.63) is 71.5 Å². The van der Waals surface area contributed by atoms with E-state index in [1.807, 2.05) is 30.3 Å². The van der Waals surface area contributed by atoms with E-state index in [1.165, 1.54) is 6.07 Å². The predicted molar refractivity (Wildman–Crippen MR) is 90.3 cm³/mol. The molecule has 3 N–H and O–H groups in total. The second-order valence-corrected chi connectivity index (χ2v) is 5.75. The molecule has 1 amide bonds. The van der Waals surface area contributed by atoms with Crippen molar-refractivity contribution in [3.8, 4) is 0 Å². The fourth-order valence-corrected chi connectivity index (χ4v) is 2.59. The molecule has 0 aromatic heterocycles. The van der Waals surface area contributed by atoms with Crippen LogP contribution in [0.25, 0.3) is 0 Å². The number of halogens is 1. The topological polar surface area (TPSA) is 86.6 Å². The van der Waals surface area contributed by atoms with E-state index in [0.717, 1.165) is 5.56 Å². The lowest BCUT2D eigenvalue weighted by Crippen LogP contribution is -2.37. The lowest BCUT2D eigenvalue weighted by Gasteiger charge is -2.22. The molecule has 2 atom stereocenters. The molecule has 0 saturated carbocycles. The molecule has 0 fully saturated rings. The fourth-order valence-electron chi connectivity index (χ4n) is 2.59. The maximum absolute atomic E-state index is 14.2. The first-order valence-corrected chi connectivity index (χ1v) is 7.92. The fraction of sp³-hybridized carbons (Fsp3) is 0.263. The van der Waals surface area contributed by atoms with Crippen LogP contribution >= 0.6 is 0 Å². The smallest absolute Gasteiger partial charge is 0.304 e. The molecule has 2 rings (SSSR count). The van der Waals surface area contributed by atoms with Gasteiger partial charge in [0, 0.05) is 5.56 Å². The summed E-state index contributed by atoms with van der Waals surface area (Å²) in [5.41, 5.74) is 1.21. The summed E-state index contributed by atoms with van der Waals surface area (Å²) in [6.45, 7) is -0.590. The molecule has 2 aromatic rings. The number of hydrogen-bond acceptors (Lipinski definition) is 3. The van der Waals surface area contributed by atoms with Gasteiger partial charge in [-0.3, -0.25) is 9.59 Å². The van der Waals surface area contributed by atoms with Crippen molar-refractivity contribution >= 4 is 11.9 Å². The van der Waals surface area contributed by atoms with Gasteiger partial charge in [-0.2, -0.15) is 0 Å². The minimum Gasteiger partial charge on any atom is -0.481 e. The number of aliphatic hydroxyl groups excluding tert-OH is 1. The summed E-state index contributed by atoms with van der Waals surface area (Å²) in [5.74, 6) is -3.33. The van der Waals surface area contributed by atoms with Crippen molar-refractivity contribution in [3.63, 3.8) is 0 Å². The molecule has 0 saturated heterocycles. The van der Waals surface area contributed by atoms with Crippen LogP contribution in [0.2, 0.25) is 0 Å². The number of carboxylic acids is 1. The Balaban J connectivity index is 2.24. The summed E-state index contributed by atoms with van der Waals surface area (Å²) in [6, 6.07) is 14.7. The average Bonchev–Trinajstić information content (AvgIpc) is 2.60. The number of carboxylic acid groups (broad SMARTS) is 1. The van der Waals surface area contributed by atoms with E-state index < -0.39 is 42.7 Å². The van der Waals surface area contributed by atoms with E-state index in [-0.39, 0.29) is 0 Å². The van der Waals surface area contributed by atoms with Gasteiger partial charge in [0.25, 0.3) is 0 Å². The van der Waals surface area contributed by atoms with Crippen LogP contribution in [0.4, 0.5) is 4.39 Å². The summed E-state index contributed by atoms with van der Waals surface area (Å²) in [7, 11) is 0. The summed E-state index contributed by atoms with van der Waals surface area (Å²) >= 11 is 0. The average molecular weight is 345 g/mol. The Hall–Kier alpha value is -2.73. The summed E-state index contributed by atoms with van der Waals surface area (Å²) in [6.07, 6.45) is -0.142. The molecule has 25 heavy (non-hydrogen) atoms. The van der Waals surface area contributed by atoms with E-state index in [2.05, 4.69) is 5.32 Å². The Morgan fingerprint density at radius 3 is 2.28 bits per heavy atom. The van der Waals surface area contributed by atoms with Crippen molar-refractivity contribution in [1.82, 2.24) is 5.32 Å². The van der Waals surface area contributed by atoms with Crippen molar-refractivity contribution in [2.45, 2.75) is 18.9 Å². The molecular weight excluding hydrogens is 325 g/mol. The van der Waals surface area contributed by atoms with E-state index >= 15 is 0 Å². The van der Waals surface area contributed by atoms with Gasteiger partial charge in [0.2, 0.25) is 5.91 Å². The Morgan fingerprint density at radius 2 is 1.68 bits per heavy atom. The first-order valence-electron chi connectivity index (χ1n) is 7.92. The van der Waals surface area contributed by atoms with Crippen LogP contribution in [0, 0.1) is 11.7 Å². The third-order valence-electron chi connectivity index (χ3n) is 3.89. The molecule has 5 nitrogen and oxygen atoms in total. The number of rotatable bonds is 8. The number of aliphatic carboxylic acids is 1. The van der Waals surface area contributed by atoms with Crippen molar-refractivity contribution in [2.75, 3.05) is 6.61 Å². The number of nitrogens with one attached hydrogen (secondary N) is 1. The molecule has 0 aliphatic heterocycles. The van der Waals surface area contributed by atoms with E-state index in [0.29, 0.717) is 12.0 Å². The van der Waals surface area contributed by atoms with Crippen molar-refractivity contribution in [2.24, 2.45) is 5.92 Å². The Morgan fingerprint density at radius 1 is 1.04 bits per heavy atom. The monoisotopic (exact) mass is 345 g/mol. The van der Waals surface area contributed by atoms with Crippen LogP contribution in [0.3, 0.4) is 0 Å². The molecule has 0 aliphatic carbocycles. The SMILES string of the molecule is O=C(O)CC(CO)C(=O)NC(Cc1ccccc1)c1ccccc1F. The normalized spacial score (nSPS) is 13.0. The molecule has 2 aromatic carbocycles. The number of benzene rings is 2. The van der Waals surface area contributed by atoms with Crippen molar-refractivity contribution in [1.29, 1.82) is 0 Å². The second-order valence-electron chi connectivity index (χ2n) is 5.75. The number of carbonyl (C=O) groups excluding carboxylic acids is 1. The highest BCUT2D eigenvalue weighted by atomic mass is 19.1. The van der Waals surface area contributed by atoms with Crippen LogP contribution in [-0.2, 0) is 16.0 Å². The minimum atomic E-state index is -1.18. The summed E-state index contributed by atoms with van der Waals surface area (Å²) < 4.78 is 14.2. The van der Waals surface area contributed by atoms with E-state index in [9.17, 15) is 19.1 Å². The maximum atomic E-state index is 14.2. The quantitative estimate of drug-likeness (QED) is 0.685. The molecular formula is C19H20FNO4.